The molecule has 0 aromatic heterocycles. The Morgan fingerprint density at radius 2 is 1.91 bits per heavy atom. The predicted molar refractivity (Wildman–Crippen MR) is 83.8 cm³/mol. The van der Waals surface area contributed by atoms with Crippen molar-refractivity contribution in [1.29, 1.82) is 0 Å². The number of aliphatic carboxylic acids is 1. The van der Waals surface area contributed by atoms with Crippen LogP contribution >= 0.6 is 0 Å². The highest BCUT2D eigenvalue weighted by molar-refractivity contribution is 5.82. The van der Waals surface area contributed by atoms with Gasteiger partial charge in [0.1, 0.15) is 6.04 Å². The van der Waals surface area contributed by atoms with Crippen LogP contribution in [0.4, 0.5) is 4.79 Å². The van der Waals surface area contributed by atoms with Gasteiger partial charge in [-0.15, -0.1) is 0 Å². The zero-order valence-electron chi connectivity index (χ0n) is 13.0. The van der Waals surface area contributed by atoms with E-state index in [0.29, 0.717) is 19.6 Å². The molecule has 1 atom stereocenters. The van der Waals surface area contributed by atoms with Gasteiger partial charge in [-0.1, -0.05) is 30.3 Å². The molecule has 1 aromatic carbocycles. The SMILES string of the molecule is CC(C)OCCCNC(=O)NC(Cc1ccccc1)C(=O)O. The van der Waals surface area contributed by atoms with Gasteiger partial charge in [0.2, 0.25) is 0 Å². The van der Waals surface area contributed by atoms with E-state index in [0.717, 1.165) is 5.56 Å². The monoisotopic (exact) mass is 308 g/mol. The van der Waals surface area contributed by atoms with E-state index in [9.17, 15) is 14.7 Å². The van der Waals surface area contributed by atoms with Gasteiger partial charge in [0.05, 0.1) is 6.10 Å². The van der Waals surface area contributed by atoms with Crippen molar-refractivity contribution in [3.8, 4) is 0 Å². The number of carboxylic acid groups (broad SMARTS) is 1. The molecule has 0 bridgehead atoms. The quantitative estimate of drug-likeness (QED) is 0.607. The molecule has 1 unspecified atom stereocenters. The van der Waals surface area contributed by atoms with E-state index in [-0.39, 0.29) is 12.5 Å². The standard InChI is InChI=1S/C16H24N2O4/c1-12(2)22-10-6-9-17-16(21)18-14(15(19)20)11-13-7-4-3-5-8-13/h3-5,7-8,12,14H,6,9-11H2,1-2H3,(H,19,20)(H2,17,18,21). The number of benzene rings is 1. The summed E-state index contributed by atoms with van der Waals surface area (Å²) in [5, 5.41) is 14.3. The Bertz CT molecular complexity index is 462. The summed E-state index contributed by atoms with van der Waals surface area (Å²) in [5.41, 5.74) is 0.862. The van der Waals surface area contributed by atoms with Crippen molar-refractivity contribution in [2.45, 2.75) is 38.8 Å². The Balaban J connectivity index is 2.33. The number of hydrogen-bond donors (Lipinski definition) is 3. The third kappa shape index (κ3) is 7.64. The van der Waals surface area contributed by atoms with Crippen molar-refractivity contribution in [2.75, 3.05) is 13.2 Å². The van der Waals surface area contributed by atoms with Crippen molar-refractivity contribution >= 4 is 12.0 Å². The van der Waals surface area contributed by atoms with Gasteiger partial charge in [0.25, 0.3) is 0 Å². The topological polar surface area (TPSA) is 87.7 Å². The molecule has 122 valence electrons. The number of ether oxygens (including phenoxy) is 1. The normalized spacial score (nSPS) is 12.0. The van der Waals surface area contributed by atoms with E-state index in [4.69, 9.17) is 4.74 Å². The van der Waals surface area contributed by atoms with Gasteiger partial charge in [-0.05, 0) is 25.8 Å². The number of hydrogen-bond acceptors (Lipinski definition) is 3. The summed E-state index contributed by atoms with van der Waals surface area (Å²) < 4.78 is 5.36. The third-order valence-corrected chi connectivity index (χ3v) is 2.94. The molecule has 0 spiro atoms. The number of carbonyl (C=O) groups is 2. The van der Waals surface area contributed by atoms with Gasteiger partial charge in [0.15, 0.2) is 0 Å². The Morgan fingerprint density at radius 3 is 2.50 bits per heavy atom. The van der Waals surface area contributed by atoms with E-state index < -0.39 is 18.0 Å². The lowest BCUT2D eigenvalue weighted by Gasteiger charge is -2.15. The van der Waals surface area contributed by atoms with Crippen LogP contribution in [-0.4, -0.2) is 42.4 Å². The average Bonchev–Trinajstić information content (AvgIpc) is 2.47. The van der Waals surface area contributed by atoms with Gasteiger partial charge in [-0.25, -0.2) is 9.59 Å². The second-order valence-corrected chi connectivity index (χ2v) is 5.25. The van der Waals surface area contributed by atoms with Gasteiger partial charge >= 0.3 is 12.0 Å². The van der Waals surface area contributed by atoms with E-state index >= 15 is 0 Å². The van der Waals surface area contributed by atoms with Gasteiger partial charge in [-0.3, -0.25) is 0 Å². The van der Waals surface area contributed by atoms with Crippen molar-refractivity contribution < 1.29 is 19.4 Å². The maximum Gasteiger partial charge on any atom is 0.326 e. The first-order valence-electron chi connectivity index (χ1n) is 7.41. The molecule has 1 rings (SSSR count). The fourth-order valence-corrected chi connectivity index (χ4v) is 1.85. The van der Waals surface area contributed by atoms with E-state index in [1.807, 2.05) is 44.2 Å². The van der Waals surface area contributed by atoms with Gasteiger partial charge < -0.3 is 20.5 Å². The molecule has 0 aliphatic heterocycles. The van der Waals surface area contributed by atoms with Crippen molar-refractivity contribution in [3.63, 3.8) is 0 Å². The fraction of sp³-hybridized carbons (Fsp3) is 0.500. The molecule has 0 saturated carbocycles. The van der Waals surface area contributed by atoms with Crippen LogP contribution in [0.5, 0.6) is 0 Å². The molecular weight excluding hydrogens is 284 g/mol. The highest BCUT2D eigenvalue weighted by Crippen LogP contribution is 2.03. The summed E-state index contributed by atoms with van der Waals surface area (Å²) in [6.45, 7) is 4.89. The molecule has 22 heavy (non-hydrogen) atoms. The molecular formula is C16H24N2O4. The molecule has 2 amide bonds. The molecule has 0 radical (unpaired) electrons. The molecule has 0 saturated heterocycles. The van der Waals surface area contributed by atoms with Crippen LogP contribution in [0, 0.1) is 0 Å². The maximum atomic E-state index is 11.7. The minimum absolute atomic E-state index is 0.163. The molecule has 3 N–H and O–H groups in total. The van der Waals surface area contributed by atoms with E-state index in [1.54, 1.807) is 0 Å². The van der Waals surface area contributed by atoms with E-state index in [1.165, 1.54) is 0 Å². The zero-order valence-corrected chi connectivity index (χ0v) is 13.0. The maximum absolute atomic E-state index is 11.7. The number of rotatable bonds is 9. The lowest BCUT2D eigenvalue weighted by atomic mass is 10.1. The van der Waals surface area contributed by atoms with Crippen LogP contribution in [0.25, 0.3) is 0 Å². The van der Waals surface area contributed by atoms with Gasteiger partial charge in [0, 0.05) is 19.6 Å². The smallest absolute Gasteiger partial charge is 0.326 e. The number of nitrogens with one attached hydrogen (secondary N) is 2. The van der Waals surface area contributed by atoms with Crippen molar-refractivity contribution in [2.24, 2.45) is 0 Å². The minimum atomic E-state index is -1.05. The first-order chi connectivity index (χ1) is 10.5. The lowest BCUT2D eigenvalue weighted by Crippen LogP contribution is -2.47. The van der Waals surface area contributed by atoms with Crippen LogP contribution in [0.1, 0.15) is 25.8 Å². The van der Waals surface area contributed by atoms with Crippen LogP contribution in [-0.2, 0) is 16.0 Å². The number of carbonyl (C=O) groups excluding carboxylic acids is 1. The molecule has 1 aromatic rings. The molecule has 0 aliphatic carbocycles. The Morgan fingerprint density at radius 1 is 1.23 bits per heavy atom. The first kappa shape index (κ1) is 18.0. The third-order valence-electron chi connectivity index (χ3n) is 2.94. The summed E-state index contributed by atoms with van der Waals surface area (Å²) in [6.07, 6.45) is 1.10. The summed E-state index contributed by atoms with van der Waals surface area (Å²) >= 11 is 0. The van der Waals surface area contributed by atoms with Crippen LogP contribution in [0.15, 0.2) is 30.3 Å². The molecule has 0 aliphatic rings. The lowest BCUT2D eigenvalue weighted by molar-refractivity contribution is -0.139. The molecule has 6 nitrogen and oxygen atoms in total. The number of carboxylic acids is 1. The predicted octanol–water partition coefficient (Wildman–Crippen LogP) is 1.80. The molecule has 0 fully saturated rings. The van der Waals surface area contributed by atoms with Crippen LogP contribution < -0.4 is 10.6 Å². The van der Waals surface area contributed by atoms with Crippen LogP contribution in [0.3, 0.4) is 0 Å². The fourth-order valence-electron chi connectivity index (χ4n) is 1.85. The highest BCUT2D eigenvalue weighted by Gasteiger charge is 2.19. The Hall–Kier alpha value is -2.08. The van der Waals surface area contributed by atoms with Crippen molar-refractivity contribution in [3.05, 3.63) is 35.9 Å². The first-order valence-corrected chi connectivity index (χ1v) is 7.41. The second-order valence-electron chi connectivity index (χ2n) is 5.25. The summed E-state index contributed by atoms with van der Waals surface area (Å²) in [6, 6.07) is 7.77. The zero-order chi connectivity index (χ0) is 16.4. The largest absolute Gasteiger partial charge is 0.480 e. The minimum Gasteiger partial charge on any atom is -0.480 e. The number of amides is 2. The number of urea groups is 1. The van der Waals surface area contributed by atoms with Gasteiger partial charge in [-0.2, -0.15) is 0 Å². The summed E-state index contributed by atoms with van der Waals surface area (Å²) in [5.74, 6) is -1.05. The highest BCUT2D eigenvalue weighted by atomic mass is 16.5. The Labute approximate surface area is 130 Å². The molecule has 6 heteroatoms. The summed E-state index contributed by atoms with van der Waals surface area (Å²) in [7, 11) is 0. The van der Waals surface area contributed by atoms with Crippen LogP contribution in [0.2, 0.25) is 0 Å². The molecule has 0 heterocycles. The summed E-state index contributed by atoms with van der Waals surface area (Å²) in [4.78, 5) is 22.9. The average molecular weight is 308 g/mol. The second kappa shape index (κ2) is 9.78. The van der Waals surface area contributed by atoms with E-state index in [2.05, 4.69) is 10.6 Å². The van der Waals surface area contributed by atoms with Crippen molar-refractivity contribution in [1.82, 2.24) is 10.6 Å². The Kier molecular flexibility index (Phi) is 7.99.